The number of alkyl halides is 1. The Morgan fingerprint density at radius 2 is 2.38 bits per heavy atom. The summed E-state index contributed by atoms with van der Waals surface area (Å²) in [5.41, 5.74) is 3.89. The number of ether oxygens (including phenoxy) is 1. The van der Waals surface area contributed by atoms with Gasteiger partial charge in [0.05, 0.1) is 6.61 Å². The van der Waals surface area contributed by atoms with Gasteiger partial charge in [0.15, 0.2) is 5.67 Å². The summed E-state index contributed by atoms with van der Waals surface area (Å²) in [4.78, 5) is 4.10. The summed E-state index contributed by atoms with van der Waals surface area (Å²) >= 11 is 0. The molecule has 0 radical (unpaired) electrons. The van der Waals surface area contributed by atoms with Crippen LogP contribution in [0.4, 0.5) is 4.39 Å². The lowest BCUT2D eigenvalue weighted by Gasteiger charge is -2.24. The van der Waals surface area contributed by atoms with Crippen LogP contribution in [0.15, 0.2) is 12.4 Å². The Morgan fingerprint density at radius 3 is 2.94 bits per heavy atom. The van der Waals surface area contributed by atoms with Gasteiger partial charge in [-0.25, -0.2) is 9.37 Å². The van der Waals surface area contributed by atoms with Gasteiger partial charge in [-0.1, -0.05) is 0 Å². The van der Waals surface area contributed by atoms with Crippen molar-refractivity contribution in [2.45, 2.75) is 32.0 Å². The van der Waals surface area contributed by atoms with Crippen molar-refractivity contribution in [1.82, 2.24) is 9.55 Å². The number of rotatable bonds is 7. The molecule has 0 fully saturated rings. The maximum Gasteiger partial charge on any atom is 0.191 e. The fraction of sp³-hybridized carbons (Fsp3) is 0.727. The van der Waals surface area contributed by atoms with E-state index in [-0.39, 0.29) is 6.61 Å². The van der Waals surface area contributed by atoms with Gasteiger partial charge >= 0.3 is 0 Å². The summed E-state index contributed by atoms with van der Waals surface area (Å²) in [7, 11) is 1.50. The molecule has 0 aliphatic rings. The van der Waals surface area contributed by atoms with Crippen molar-refractivity contribution in [3.05, 3.63) is 18.2 Å². The van der Waals surface area contributed by atoms with Crippen molar-refractivity contribution in [2.24, 2.45) is 5.73 Å². The van der Waals surface area contributed by atoms with Gasteiger partial charge in [-0.05, 0) is 26.3 Å². The lowest BCUT2D eigenvalue weighted by molar-refractivity contribution is 0.0211. The summed E-state index contributed by atoms with van der Waals surface area (Å²) in [6.07, 6.45) is 4.36. The molecule has 0 saturated carbocycles. The van der Waals surface area contributed by atoms with Gasteiger partial charge in [-0.2, -0.15) is 0 Å². The van der Waals surface area contributed by atoms with Gasteiger partial charge in [0.2, 0.25) is 0 Å². The van der Waals surface area contributed by atoms with E-state index in [4.69, 9.17) is 10.5 Å². The van der Waals surface area contributed by atoms with E-state index in [0.29, 0.717) is 31.8 Å². The predicted octanol–water partition coefficient (Wildman–Crippen LogP) is 1.45. The SMILES string of the molecule is CCn1ccnc1C(F)(CCCN)COC. The lowest BCUT2D eigenvalue weighted by atomic mass is 9.99. The van der Waals surface area contributed by atoms with E-state index in [1.54, 1.807) is 17.0 Å². The summed E-state index contributed by atoms with van der Waals surface area (Å²) in [5, 5.41) is 0. The molecule has 0 bridgehead atoms. The third kappa shape index (κ3) is 2.80. The molecule has 4 nitrogen and oxygen atoms in total. The third-order valence-electron chi connectivity index (χ3n) is 2.61. The first kappa shape index (κ1) is 13.1. The van der Waals surface area contributed by atoms with Crippen molar-refractivity contribution >= 4 is 0 Å². The number of hydrogen-bond donors (Lipinski definition) is 1. The monoisotopic (exact) mass is 229 g/mol. The summed E-state index contributed by atoms with van der Waals surface area (Å²) in [5.74, 6) is 0.435. The second-order valence-electron chi connectivity index (χ2n) is 3.83. The molecule has 1 unspecified atom stereocenters. The molecule has 16 heavy (non-hydrogen) atoms. The lowest BCUT2D eigenvalue weighted by Crippen LogP contribution is -2.31. The maximum absolute atomic E-state index is 14.7. The van der Waals surface area contributed by atoms with E-state index < -0.39 is 5.67 Å². The zero-order valence-electron chi connectivity index (χ0n) is 9.95. The molecule has 5 heteroatoms. The highest BCUT2D eigenvalue weighted by Crippen LogP contribution is 2.30. The molecule has 1 aromatic heterocycles. The molecule has 1 heterocycles. The number of aromatic nitrogens is 2. The van der Waals surface area contributed by atoms with E-state index in [2.05, 4.69) is 4.98 Å². The van der Waals surface area contributed by atoms with Gasteiger partial charge in [0.1, 0.15) is 5.82 Å². The van der Waals surface area contributed by atoms with Crippen LogP contribution in [0.25, 0.3) is 0 Å². The Hall–Kier alpha value is -0.940. The van der Waals surface area contributed by atoms with E-state index in [1.807, 2.05) is 6.92 Å². The van der Waals surface area contributed by atoms with E-state index in [1.165, 1.54) is 7.11 Å². The number of aryl methyl sites for hydroxylation is 1. The minimum absolute atomic E-state index is 0.0179. The number of nitrogens with two attached hydrogens (primary N) is 1. The molecule has 0 spiro atoms. The molecule has 0 aromatic carbocycles. The average Bonchev–Trinajstić information content (AvgIpc) is 2.75. The van der Waals surface area contributed by atoms with Gasteiger partial charge < -0.3 is 15.0 Å². The molecule has 1 rings (SSSR count). The van der Waals surface area contributed by atoms with Gasteiger partial charge in [-0.15, -0.1) is 0 Å². The average molecular weight is 229 g/mol. The van der Waals surface area contributed by atoms with Crippen LogP contribution in [0.2, 0.25) is 0 Å². The van der Waals surface area contributed by atoms with Crippen LogP contribution in [0.3, 0.4) is 0 Å². The molecule has 92 valence electrons. The first-order valence-corrected chi connectivity index (χ1v) is 5.57. The van der Waals surface area contributed by atoms with Gasteiger partial charge in [0, 0.05) is 26.0 Å². The molecular weight excluding hydrogens is 209 g/mol. The summed E-state index contributed by atoms with van der Waals surface area (Å²) in [6.45, 7) is 3.15. The second-order valence-corrected chi connectivity index (χ2v) is 3.83. The van der Waals surface area contributed by atoms with E-state index in [9.17, 15) is 4.39 Å². The Balaban J connectivity index is 2.91. The minimum Gasteiger partial charge on any atom is -0.381 e. The Bertz CT molecular complexity index is 316. The zero-order chi connectivity index (χ0) is 12.0. The molecule has 1 aromatic rings. The largest absolute Gasteiger partial charge is 0.381 e. The van der Waals surface area contributed by atoms with E-state index in [0.717, 1.165) is 0 Å². The molecule has 0 amide bonds. The number of methoxy groups -OCH3 is 1. The Labute approximate surface area is 95.6 Å². The number of imidazole rings is 1. The summed E-state index contributed by atoms with van der Waals surface area (Å²) < 4.78 is 21.5. The van der Waals surface area contributed by atoms with Crippen LogP contribution in [-0.4, -0.2) is 29.8 Å². The Kier molecular flexibility index (Phi) is 4.89. The first-order chi connectivity index (χ1) is 7.68. The smallest absolute Gasteiger partial charge is 0.191 e. The van der Waals surface area contributed by atoms with Crippen molar-refractivity contribution in [1.29, 1.82) is 0 Å². The predicted molar refractivity (Wildman–Crippen MR) is 60.9 cm³/mol. The second kappa shape index (κ2) is 5.96. The topological polar surface area (TPSA) is 53.1 Å². The van der Waals surface area contributed by atoms with Gasteiger partial charge in [-0.3, -0.25) is 0 Å². The Morgan fingerprint density at radius 1 is 1.62 bits per heavy atom. The van der Waals surface area contributed by atoms with Crippen molar-refractivity contribution in [3.8, 4) is 0 Å². The molecular formula is C11H20FN3O. The standard InChI is InChI=1S/C11H20FN3O/c1-3-15-8-7-14-10(15)11(12,9-16-2)5-4-6-13/h7-8H,3-6,9,13H2,1-2H3. The fourth-order valence-corrected chi connectivity index (χ4v) is 1.82. The highest BCUT2D eigenvalue weighted by atomic mass is 19.1. The first-order valence-electron chi connectivity index (χ1n) is 5.57. The van der Waals surface area contributed by atoms with Crippen molar-refractivity contribution in [3.63, 3.8) is 0 Å². The quantitative estimate of drug-likeness (QED) is 0.770. The molecule has 0 aliphatic heterocycles. The number of halogens is 1. The van der Waals surface area contributed by atoms with Gasteiger partial charge in [0.25, 0.3) is 0 Å². The third-order valence-corrected chi connectivity index (χ3v) is 2.61. The van der Waals surface area contributed by atoms with E-state index >= 15 is 0 Å². The molecule has 0 saturated heterocycles. The maximum atomic E-state index is 14.7. The van der Waals surface area contributed by atoms with Crippen LogP contribution in [-0.2, 0) is 17.0 Å². The zero-order valence-corrected chi connectivity index (χ0v) is 9.95. The van der Waals surface area contributed by atoms with Crippen LogP contribution in [0.1, 0.15) is 25.6 Å². The van der Waals surface area contributed by atoms with Crippen molar-refractivity contribution in [2.75, 3.05) is 20.3 Å². The van der Waals surface area contributed by atoms with Crippen molar-refractivity contribution < 1.29 is 9.13 Å². The number of nitrogens with zero attached hydrogens (tertiary/aromatic N) is 2. The molecule has 1 atom stereocenters. The molecule has 2 N–H and O–H groups in total. The summed E-state index contributed by atoms with van der Waals surface area (Å²) in [6, 6.07) is 0. The number of hydrogen-bond acceptors (Lipinski definition) is 3. The van der Waals surface area contributed by atoms with Crippen LogP contribution in [0.5, 0.6) is 0 Å². The van der Waals surface area contributed by atoms with Crippen LogP contribution < -0.4 is 5.73 Å². The molecule has 0 aliphatic carbocycles. The normalized spacial score (nSPS) is 15.0. The highest BCUT2D eigenvalue weighted by molar-refractivity contribution is 5.05. The highest BCUT2D eigenvalue weighted by Gasteiger charge is 2.35. The fourth-order valence-electron chi connectivity index (χ4n) is 1.82. The van der Waals surface area contributed by atoms with Crippen LogP contribution >= 0.6 is 0 Å². The van der Waals surface area contributed by atoms with Crippen LogP contribution in [0, 0.1) is 0 Å². The minimum atomic E-state index is -1.53.